The summed E-state index contributed by atoms with van der Waals surface area (Å²) < 4.78 is 28.3. The van der Waals surface area contributed by atoms with Gasteiger partial charge in [-0.25, -0.2) is 18.5 Å². The number of carbonyl (C=O) groups is 3. The van der Waals surface area contributed by atoms with Gasteiger partial charge in [-0.2, -0.15) is 0 Å². The molecule has 0 aliphatic carbocycles. The maximum absolute atomic E-state index is 14.8. The van der Waals surface area contributed by atoms with Crippen molar-refractivity contribution in [1.29, 1.82) is 0 Å². The Morgan fingerprint density at radius 2 is 1.84 bits per heavy atom. The number of thioether (sulfide) groups is 1. The first-order valence-corrected chi connectivity index (χ1v) is 11.2. The number of imide groups is 1. The number of thiophene rings is 1. The number of carboxylic acid groups (broad SMARTS) is 1. The van der Waals surface area contributed by atoms with Crippen LogP contribution in [0.15, 0.2) is 52.7 Å². The van der Waals surface area contributed by atoms with E-state index in [9.17, 15) is 28.3 Å². The highest BCUT2D eigenvalue weighted by Gasteiger charge is 2.38. The molecular formula is C23H17F2NO4S2. The molecule has 5 nitrogen and oxygen atoms in total. The van der Waals surface area contributed by atoms with Crippen LogP contribution in [0.1, 0.15) is 45.0 Å². The summed E-state index contributed by atoms with van der Waals surface area (Å²) in [5, 5.41) is 10.8. The normalized spacial score (nSPS) is 13.9. The van der Waals surface area contributed by atoms with E-state index in [1.165, 1.54) is 35.3 Å². The van der Waals surface area contributed by atoms with Crippen LogP contribution in [-0.2, 0) is 16.0 Å². The van der Waals surface area contributed by atoms with E-state index in [0.29, 0.717) is 20.9 Å². The van der Waals surface area contributed by atoms with Gasteiger partial charge in [-0.15, -0.1) is 23.1 Å². The van der Waals surface area contributed by atoms with Crippen LogP contribution in [0.5, 0.6) is 0 Å². The quantitative estimate of drug-likeness (QED) is 0.392. The Morgan fingerprint density at radius 1 is 1.12 bits per heavy atom. The number of aromatic carboxylic acids is 1. The molecule has 0 spiro atoms. The lowest BCUT2D eigenvalue weighted by Crippen LogP contribution is -2.43. The lowest BCUT2D eigenvalue weighted by atomic mass is 10.0. The number of hydrogen-bond donors (Lipinski definition) is 1. The molecule has 0 atom stereocenters. The van der Waals surface area contributed by atoms with Crippen LogP contribution in [0.25, 0.3) is 0 Å². The van der Waals surface area contributed by atoms with Crippen LogP contribution >= 0.6 is 23.1 Å². The third-order valence-electron chi connectivity index (χ3n) is 5.12. The van der Waals surface area contributed by atoms with Crippen LogP contribution in [-0.4, -0.2) is 22.9 Å². The topological polar surface area (TPSA) is 74.7 Å². The summed E-state index contributed by atoms with van der Waals surface area (Å²) in [5.74, 6) is -3.97. The second kappa shape index (κ2) is 8.14. The minimum absolute atomic E-state index is 0.0914. The number of fused-ring (bicyclic) bond motifs is 1. The average molecular weight is 474 g/mol. The Kier molecular flexibility index (Phi) is 5.64. The second-order valence-corrected chi connectivity index (χ2v) is 10.3. The van der Waals surface area contributed by atoms with E-state index in [2.05, 4.69) is 0 Å². The zero-order valence-electron chi connectivity index (χ0n) is 17.0. The van der Waals surface area contributed by atoms with Crippen molar-refractivity contribution in [1.82, 2.24) is 0 Å². The van der Waals surface area contributed by atoms with Crippen molar-refractivity contribution in [3.05, 3.63) is 81.0 Å². The van der Waals surface area contributed by atoms with Gasteiger partial charge in [-0.1, -0.05) is 18.2 Å². The number of rotatable bonds is 5. The van der Waals surface area contributed by atoms with Crippen molar-refractivity contribution in [2.24, 2.45) is 0 Å². The van der Waals surface area contributed by atoms with Crippen LogP contribution in [0.3, 0.4) is 0 Å². The smallest absolute Gasteiger partial charge is 0.346 e. The van der Waals surface area contributed by atoms with E-state index < -0.39 is 28.3 Å². The minimum atomic E-state index is -1.28. The van der Waals surface area contributed by atoms with Gasteiger partial charge in [0, 0.05) is 15.2 Å². The van der Waals surface area contributed by atoms with Crippen LogP contribution in [0.4, 0.5) is 14.5 Å². The lowest BCUT2D eigenvalue weighted by Gasteiger charge is -2.28. The Morgan fingerprint density at radius 3 is 2.53 bits per heavy atom. The third kappa shape index (κ3) is 3.82. The number of nitrogens with zero attached hydrogens (tertiary/aromatic N) is 1. The molecule has 1 aliphatic heterocycles. The Hall–Kier alpha value is -3.04. The van der Waals surface area contributed by atoms with Crippen molar-refractivity contribution in [2.45, 2.75) is 29.9 Å². The molecule has 0 radical (unpaired) electrons. The van der Waals surface area contributed by atoms with Gasteiger partial charge in [0.2, 0.25) is 5.91 Å². The standard InChI is InChI=1S/C23H17F2NO4S2/c1-23(2,14-5-3-4-6-15(14)24)32-13-7-8-16(25)17(10-13)26-18(27)9-12-11-31-20(22(29)30)19(12)21(26)28/h3-8,10-11H,9H2,1-2H3,(H,29,30). The van der Waals surface area contributed by atoms with Gasteiger partial charge in [0.15, 0.2) is 0 Å². The highest BCUT2D eigenvalue weighted by Crippen LogP contribution is 2.43. The molecule has 0 saturated carbocycles. The molecule has 0 fully saturated rings. The first kappa shape index (κ1) is 22.2. The Bertz CT molecular complexity index is 1270. The van der Waals surface area contributed by atoms with E-state index in [-0.39, 0.29) is 28.4 Å². The average Bonchev–Trinajstić information content (AvgIpc) is 3.14. The van der Waals surface area contributed by atoms with E-state index in [0.717, 1.165) is 17.4 Å². The number of benzene rings is 2. The molecule has 0 unspecified atom stereocenters. The molecule has 164 valence electrons. The molecule has 0 saturated heterocycles. The zero-order valence-corrected chi connectivity index (χ0v) is 18.7. The van der Waals surface area contributed by atoms with E-state index in [1.807, 2.05) is 13.8 Å². The molecule has 1 aliphatic rings. The van der Waals surface area contributed by atoms with Gasteiger partial charge in [-0.05, 0) is 49.1 Å². The summed E-state index contributed by atoms with van der Waals surface area (Å²) in [6.45, 7) is 3.63. The summed E-state index contributed by atoms with van der Waals surface area (Å²) in [4.78, 5) is 38.3. The fourth-order valence-corrected chi connectivity index (χ4v) is 5.72. The lowest BCUT2D eigenvalue weighted by molar-refractivity contribution is -0.117. The van der Waals surface area contributed by atoms with Gasteiger partial charge >= 0.3 is 5.97 Å². The number of carbonyl (C=O) groups excluding carboxylic acids is 2. The SMILES string of the molecule is CC(C)(Sc1ccc(F)c(N2C(=O)Cc3csc(C(=O)O)c3C2=O)c1)c1ccccc1F. The molecule has 9 heteroatoms. The first-order valence-electron chi connectivity index (χ1n) is 9.54. The molecule has 2 aromatic carbocycles. The molecule has 32 heavy (non-hydrogen) atoms. The van der Waals surface area contributed by atoms with Crippen molar-refractivity contribution >= 4 is 46.6 Å². The maximum atomic E-state index is 14.8. The number of carboxylic acids is 1. The van der Waals surface area contributed by atoms with Crippen molar-refractivity contribution in [3.8, 4) is 0 Å². The number of amides is 2. The van der Waals surface area contributed by atoms with Gasteiger partial charge < -0.3 is 5.11 Å². The van der Waals surface area contributed by atoms with Gasteiger partial charge in [0.05, 0.1) is 17.7 Å². The number of anilines is 1. The van der Waals surface area contributed by atoms with Gasteiger partial charge in [-0.3, -0.25) is 9.59 Å². The summed E-state index contributed by atoms with van der Waals surface area (Å²) in [7, 11) is 0. The van der Waals surface area contributed by atoms with Crippen molar-refractivity contribution < 1.29 is 28.3 Å². The highest BCUT2D eigenvalue weighted by molar-refractivity contribution is 8.00. The summed E-state index contributed by atoms with van der Waals surface area (Å²) in [5.41, 5.74) is 0.425. The van der Waals surface area contributed by atoms with E-state index in [1.54, 1.807) is 18.2 Å². The largest absolute Gasteiger partial charge is 0.477 e. The molecular weight excluding hydrogens is 456 g/mol. The van der Waals surface area contributed by atoms with E-state index >= 15 is 0 Å². The molecule has 1 aromatic heterocycles. The molecule has 1 N–H and O–H groups in total. The minimum Gasteiger partial charge on any atom is -0.477 e. The predicted molar refractivity (Wildman–Crippen MR) is 118 cm³/mol. The van der Waals surface area contributed by atoms with Crippen molar-refractivity contribution in [3.63, 3.8) is 0 Å². The predicted octanol–water partition coefficient (Wildman–Crippen LogP) is 5.48. The highest BCUT2D eigenvalue weighted by atomic mass is 32.2. The first-order chi connectivity index (χ1) is 15.1. The number of halogens is 2. The van der Waals surface area contributed by atoms with Crippen molar-refractivity contribution in [2.75, 3.05) is 4.90 Å². The summed E-state index contributed by atoms with van der Waals surface area (Å²) >= 11 is 2.11. The van der Waals surface area contributed by atoms with Crippen LogP contribution < -0.4 is 4.90 Å². The van der Waals surface area contributed by atoms with Gasteiger partial charge in [0.1, 0.15) is 16.5 Å². The molecule has 0 bridgehead atoms. The van der Waals surface area contributed by atoms with Crippen LogP contribution in [0, 0.1) is 11.6 Å². The Labute approximate surface area is 190 Å². The number of hydrogen-bond acceptors (Lipinski definition) is 5. The molecule has 2 heterocycles. The third-order valence-corrected chi connectivity index (χ3v) is 7.36. The monoisotopic (exact) mass is 473 g/mol. The Balaban J connectivity index is 1.72. The second-order valence-electron chi connectivity index (χ2n) is 7.69. The fourth-order valence-electron chi connectivity index (χ4n) is 3.65. The molecule has 4 rings (SSSR count). The fraction of sp³-hybridized carbons (Fsp3) is 0.174. The maximum Gasteiger partial charge on any atom is 0.346 e. The van der Waals surface area contributed by atoms with E-state index in [4.69, 9.17) is 0 Å². The molecule has 2 amide bonds. The summed E-state index contributed by atoms with van der Waals surface area (Å²) in [6.07, 6.45) is -0.206. The molecule has 3 aromatic rings. The van der Waals surface area contributed by atoms with Crippen LogP contribution in [0.2, 0.25) is 0 Å². The van der Waals surface area contributed by atoms with Gasteiger partial charge in [0.25, 0.3) is 5.91 Å². The summed E-state index contributed by atoms with van der Waals surface area (Å²) in [6, 6.07) is 10.3. The zero-order chi connectivity index (χ0) is 23.2.